The van der Waals surface area contributed by atoms with Crippen LogP contribution in [0, 0.1) is 0 Å². The molecule has 4 amide bonds. The molecule has 7 heteroatoms. The van der Waals surface area contributed by atoms with Crippen molar-refractivity contribution in [3.8, 4) is 5.75 Å². The maximum Gasteiger partial charge on any atom is 0.335 e. The Morgan fingerprint density at radius 1 is 0.938 bits per heavy atom. The number of urea groups is 1. The molecule has 1 aliphatic heterocycles. The Morgan fingerprint density at radius 2 is 1.66 bits per heavy atom. The molecule has 160 valence electrons. The average Bonchev–Trinajstić information content (AvgIpc) is 2.79. The highest BCUT2D eigenvalue weighted by atomic mass is 35.5. The molecule has 0 spiro atoms. The van der Waals surface area contributed by atoms with Crippen LogP contribution in [0.3, 0.4) is 0 Å². The van der Waals surface area contributed by atoms with Gasteiger partial charge in [0.1, 0.15) is 11.3 Å². The van der Waals surface area contributed by atoms with Crippen molar-refractivity contribution in [2.75, 3.05) is 12.0 Å². The Balaban J connectivity index is 1.66. The summed E-state index contributed by atoms with van der Waals surface area (Å²) in [6.07, 6.45) is 2.01. The number of ether oxygens (including phenoxy) is 1. The van der Waals surface area contributed by atoms with E-state index in [1.54, 1.807) is 49.6 Å². The predicted octanol–water partition coefficient (Wildman–Crippen LogP) is 4.61. The van der Waals surface area contributed by atoms with E-state index >= 15 is 0 Å². The molecule has 3 aromatic carbocycles. The van der Waals surface area contributed by atoms with Gasteiger partial charge in [0.15, 0.2) is 0 Å². The van der Waals surface area contributed by atoms with E-state index in [1.807, 2.05) is 30.3 Å². The second kappa shape index (κ2) is 9.08. The van der Waals surface area contributed by atoms with Gasteiger partial charge in [-0.2, -0.15) is 0 Å². The van der Waals surface area contributed by atoms with Crippen molar-refractivity contribution in [3.63, 3.8) is 0 Å². The normalized spacial score (nSPS) is 15.1. The van der Waals surface area contributed by atoms with Crippen molar-refractivity contribution in [2.45, 2.75) is 6.42 Å². The molecule has 0 aliphatic carbocycles. The highest BCUT2D eigenvalue weighted by molar-refractivity contribution is 6.39. The number of rotatable bonds is 5. The number of hydrogen-bond acceptors (Lipinski definition) is 4. The fourth-order valence-electron chi connectivity index (χ4n) is 3.48. The minimum atomic E-state index is -0.781. The van der Waals surface area contributed by atoms with Crippen molar-refractivity contribution in [2.24, 2.45) is 0 Å². The van der Waals surface area contributed by atoms with E-state index < -0.39 is 17.8 Å². The van der Waals surface area contributed by atoms with Gasteiger partial charge in [-0.1, -0.05) is 60.1 Å². The van der Waals surface area contributed by atoms with Crippen LogP contribution in [-0.4, -0.2) is 25.0 Å². The Kier molecular flexibility index (Phi) is 6.05. The van der Waals surface area contributed by atoms with E-state index in [1.165, 1.54) is 6.08 Å². The minimum Gasteiger partial charge on any atom is -0.496 e. The van der Waals surface area contributed by atoms with Crippen molar-refractivity contribution >= 4 is 41.2 Å². The zero-order valence-electron chi connectivity index (χ0n) is 17.2. The van der Waals surface area contributed by atoms with E-state index in [0.717, 1.165) is 16.0 Å². The highest BCUT2D eigenvalue weighted by Gasteiger charge is 2.36. The molecule has 0 aromatic heterocycles. The van der Waals surface area contributed by atoms with E-state index in [-0.39, 0.29) is 5.57 Å². The first-order valence-corrected chi connectivity index (χ1v) is 10.2. The molecular weight excluding hydrogens is 428 g/mol. The smallest absolute Gasteiger partial charge is 0.335 e. The van der Waals surface area contributed by atoms with Crippen molar-refractivity contribution in [3.05, 3.63) is 100 Å². The first-order chi connectivity index (χ1) is 15.5. The lowest BCUT2D eigenvalue weighted by atomic mass is 10.0. The molecule has 3 aromatic rings. The van der Waals surface area contributed by atoms with E-state index in [2.05, 4.69) is 5.32 Å². The molecule has 0 radical (unpaired) electrons. The van der Waals surface area contributed by atoms with Gasteiger partial charge in [-0.15, -0.1) is 0 Å². The van der Waals surface area contributed by atoms with Crippen LogP contribution in [-0.2, 0) is 16.0 Å². The maximum absolute atomic E-state index is 13.0. The van der Waals surface area contributed by atoms with Gasteiger partial charge in [-0.25, -0.2) is 9.69 Å². The second-order valence-corrected chi connectivity index (χ2v) is 7.54. The number of hydrogen-bond donors (Lipinski definition) is 1. The number of benzene rings is 3. The first-order valence-electron chi connectivity index (χ1n) is 9.85. The molecule has 0 bridgehead atoms. The van der Waals surface area contributed by atoms with Gasteiger partial charge in [0.05, 0.1) is 12.8 Å². The molecule has 1 N–H and O–H groups in total. The van der Waals surface area contributed by atoms with Crippen LogP contribution >= 0.6 is 11.6 Å². The van der Waals surface area contributed by atoms with Gasteiger partial charge < -0.3 is 4.74 Å². The topological polar surface area (TPSA) is 75.7 Å². The standard InChI is InChI=1S/C25H19ClN2O4/c1-32-22-14-16(11-12-18(22)15-17-7-5-6-10-21(17)26)13-20-23(29)27-25(31)28(24(20)30)19-8-3-2-4-9-19/h2-14H,15H2,1H3,(H,27,29,31)/b20-13+. The predicted molar refractivity (Wildman–Crippen MR) is 123 cm³/mol. The summed E-state index contributed by atoms with van der Waals surface area (Å²) >= 11 is 6.27. The summed E-state index contributed by atoms with van der Waals surface area (Å²) in [5, 5.41) is 2.88. The van der Waals surface area contributed by atoms with Gasteiger partial charge in [0.25, 0.3) is 11.8 Å². The summed E-state index contributed by atoms with van der Waals surface area (Å²) in [5.74, 6) is -0.839. The number of nitrogens with one attached hydrogen (secondary N) is 1. The molecule has 32 heavy (non-hydrogen) atoms. The van der Waals surface area contributed by atoms with E-state index in [9.17, 15) is 14.4 Å². The Morgan fingerprint density at radius 3 is 2.38 bits per heavy atom. The number of amides is 4. The Labute approximate surface area is 190 Å². The van der Waals surface area contributed by atoms with Gasteiger partial charge in [0.2, 0.25) is 0 Å². The number of nitrogens with zero attached hydrogens (tertiary/aromatic N) is 1. The lowest BCUT2D eigenvalue weighted by molar-refractivity contribution is -0.122. The van der Waals surface area contributed by atoms with Crippen molar-refractivity contribution < 1.29 is 19.1 Å². The molecule has 0 saturated carbocycles. The van der Waals surface area contributed by atoms with Crippen LogP contribution < -0.4 is 15.0 Å². The summed E-state index contributed by atoms with van der Waals surface area (Å²) in [6, 6.07) is 20.6. The molecule has 1 aliphatic rings. The Bertz CT molecular complexity index is 1240. The average molecular weight is 447 g/mol. The van der Waals surface area contributed by atoms with Crippen molar-refractivity contribution in [1.82, 2.24) is 5.32 Å². The van der Waals surface area contributed by atoms with E-state index in [4.69, 9.17) is 16.3 Å². The minimum absolute atomic E-state index is 0.144. The zero-order chi connectivity index (χ0) is 22.7. The van der Waals surface area contributed by atoms with E-state index in [0.29, 0.717) is 28.4 Å². The second-order valence-electron chi connectivity index (χ2n) is 7.13. The summed E-state index contributed by atoms with van der Waals surface area (Å²) in [5.41, 5.74) is 2.68. The number of methoxy groups -OCH3 is 1. The molecule has 6 nitrogen and oxygen atoms in total. The van der Waals surface area contributed by atoms with Crippen LogP contribution in [0.2, 0.25) is 5.02 Å². The molecule has 4 rings (SSSR count). The number of carbonyl (C=O) groups is 3. The van der Waals surface area contributed by atoms with Gasteiger partial charge in [0, 0.05) is 11.4 Å². The summed E-state index contributed by atoms with van der Waals surface area (Å²) in [7, 11) is 1.55. The fourth-order valence-corrected chi connectivity index (χ4v) is 3.68. The Hall–Kier alpha value is -3.90. The third kappa shape index (κ3) is 4.26. The van der Waals surface area contributed by atoms with Crippen LogP contribution in [0.1, 0.15) is 16.7 Å². The number of halogens is 1. The molecular formula is C25H19ClN2O4. The summed E-state index contributed by atoms with van der Waals surface area (Å²) in [4.78, 5) is 38.6. The summed E-state index contributed by atoms with van der Waals surface area (Å²) in [6.45, 7) is 0. The largest absolute Gasteiger partial charge is 0.496 e. The third-order valence-corrected chi connectivity index (χ3v) is 5.45. The lowest BCUT2D eigenvalue weighted by Crippen LogP contribution is -2.54. The number of barbiturate groups is 1. The molecule has 1 heterocycles. The molecule has 1 saturated heterocycles. The van der Waals surface area contributed by atoms with Crippen LogP contribution in [0.5, 0.6) is 5.75 Å². The first kappa shape index (κ1) is 21.3. The van der Waals surface area contributed by atoms with Crippen LogP contribution in [0.25, 0.3) is 6.08 Å². The number of para-hydroxylation sites is 1. The quantitative estimate of drug-likeness (QED) is 0.459. The monoisotopic (exact) mass is 446 g/mol. The fraction of sp³-hybridized carbons (Fsp3) is 0.0800. The number of imide groups is 2. The SMILES string of the molecule is COc1cc(/C=C2\C(=O)NC(=O)N(c3ccccc3)C2=O)ccc1Cc1ccccc1Cl. The molecule has 1 fully saturated rings. The van der Waals surface area contributed by atoms with Crippen LogP contribution in [0.15, 0.2) is 78.4 Å². The lowest BCUT2D eigenvalue weighted by Gasteiger charge is -2.26. The van der Waals surface area contributed by atoms with Crippen molar-refractivity contribution in [1.29, 1.82) is 0 Å². The molecule has 0 atom stereocenters. The highest BCUT2D eigenvalue weighted by Crippen LogP contribution is 2.28. The van der Waals surface area contributed by atoms with Crippen LogP contribution in [0.4, 0.5) is 10.5 Å². The molecule has 0 unspecified atom stereocenters. The van der Waals surface area contributed by atoms with Gasteiger partial charge in [-0.05, 0) is 47.0 Å². The zero-order valence-corrected chi connectivity index (χ0v) is 17.9. The van der Waals surface area contributed by atoms with Gasteiger partial charge in [-0.3, -0.25) is 14.9 Å². The number of carbonyl (C=O) groups excluding carboxylic acids is 3. The number of anilines is 1. The summed E-state index contributed by atoms with van der Waals surface area (Å²) < 4.78 is 5.53. The van der Waals surface area contributed by atoms with Gasteiger partial charge >= 0.3 is 6.03 Å². The maximum atomic E-state index is 13.0. The third-order valence-electron chi connectivity index (χ3n) is 5.08.